The molecule has 4 rings (SSSR count). The highest BCUT2D eigenvalue weighted by molar-refractivity contribution is 7.99. The Balaban J connectivity index is 1.66. The maximum atomic E-state index is 13.3. The molecule has 32 heavy (non-hydrogen) atoms. The molecule has 2 heterocycles. The summed E-state index contributed by atoms with van der Waals surface area (Å²) in [5.41, 5.74) is 1.76. The van der Waals surface area contributed by atoms with Crippen LogP contribution in [0.3, 0.4) is 0 Å². The predicted octanol–water partition coefficient (Wildman–Crippen LogP) is 4.32. The van der Waals surface area contributed by atoms with Crippen molar-refractivity contribution in [2.45, 2.75) is 24.5 Å². The Bertz CT molecular complexity index is 1390. The average Bonchev–Trinajstić information content (AvgIpc) is 3.22. The lowest BCUT2D eigenvalue weighted by atomic mass is 10.1. The van der Waals surface area contributed by atoms with E-state index in [1.807, 2.05) is 6.07 Å². The number of nitriles is 1. The van der Waals surface area contributed by atoms with Gasteiger partial charge in [-0.3, -0.25) is 14.2 Å². The molecular formula is C23H17FN4O2S2. The van der Waals surface area contributed by atoms with E-state index >= 15 is 0 Å². The molecule has 0 fully saturated rings. The first kappa shape index (κ1) is 21.9. The van der Waals surface area contributed by atoms with Crippen LogP contribution < -0.4 is 5.56 Å². The van der Waals surface area contributed by atoms with Gasteiger partial charge in [0.2, 0.25) is 0 Å². The van der Waals surface area contributed by atoms with Crippen molar-refractivity contribution in [1.29, 1.82) is 5.26 Å². The normalized spacial score (nSPS) is 11.9. The van der Waals surface area contributed by atoms with Gasteiger partial charge in [0.25, 0.3) is 5.56 Å². The number of thiazole rings is 1. The summed E-state index contributed by atoms with van der Waals surface area (Å²) >= 11 is 2.38. The number of ketones is 1. The van der Waals surface area contributed by atoms with Crippen LogP contribution in [0, 0.1) is 24.1 Å². The number of fused-ring (bicyclic) bond motifs is 1. The molecule has 9 heteroatoms. The summed E-state index contributed by atoms with van der Waals surface area (Å²) in [5, 5.41) is 12.6. The van der Waals surface area contributed by atoms with E-state index in [-0.39, 0.29) is 29.5 Å². The Hall–Kier alpha value is -3.35. The van der Waals surface area contributed by atoms with E-state index in [0.717, 1.165) is 23.0 Å². The summed E-state index contributed by atoms with van der Waals surface area (Å²) in [6.07, 6.45) is 0. The van der Waals surface area contributed by atoms with E-state index in [1.165, 1.54) is 28.0 Å². The number of para-hydroxylation sites is 1. The molecule has 4 aromatic rings. The van der Waals surface area contributed by atoms with Crippen LogP contribution in [0.4, 0.5) is 4.39 Å². The Kier molecular flexibility index (Phi) is 6.44. The second-order valence-corrected chi connectivity index (χ2v) is 8.91. The van der Waals surface area contributed by atoms with E-state index in [9.17, 15) is 19.2 Å². The second kappa shape index (κ2) is 9.42. The van der Waals surface area contributed by atoms with Gasteiger partial charge in [-0.25, -0.2) is 14.4 Å². The van der Waals surface area contributed by atoms with Gasteiger partial charge < -0.3 is 0 Å². The summed E-state index contributed by atoms with van der Waals surface area (Å²) in [7, 11) is 0. The number of rotatable bonds is 7. The number of carbonyl (C=O) groups excluding carboxylic acids is 1. The topological polar surface area (TPSA) is 88.6 Å². The van der Waals surface area contributed by atoms with Crippen molar-refractivity contribution in [2.24, 2.45) is 0 Å². The van der Waals surface area contributed by atoms with Gasteiger partial charge in [0.05, 0.1) is 29.3 Å². The van der Waals surface area contributed by atoms with Gasteiger partial charge in [0, 0.05) is 11.1 Å². The largest absolute Gasteiger partial charge is 0.297 e. The van der Waals surface area contributed by atoms with Crippen LogP contribution in [0.25, 0.3) is 10.9 Å². The summed E-state index contributed by atoms with van der Waals surface area (Å²) in [5.74, 6) is -1.66. The molecule has 0 spiro atoms. The molecule has 2 aromatic carbocycles. The molecule has 0 aliphatic rings. The van der Waals surface area contributed by atoms with Crippen LogP contribution in [0.1, 0.15) is 22.2 Å². The third-order valence-corrected chi connectivity index (χ3v) is 6.79. The SMILES string of the molecule is Cc1csc([C@@H](C#N)C(=O)CSc2nc3ccccc3c(=O)n2Cc2ccc(F)cc2)n1. The van der Waals surface area contributed by atoms with E-state index in [2.05, 4.69) is 9.97 Å². The molecule has 6 nitrogen and oxygen atoms in total. The summed E-state index contributed by atoms with van der Waals surface area (Å²) < 4.78 is 14.8. The lowest BCUT2D eigenvalue weighted by Gasteiger charge is -2.13. The van der Waals surface area contributed by atoms with Crippen LogP contribution in [-0.2, 0) is 11.3 Å². The smallest absolute Gasteiger partial charge is 0.262 e. The molecule has 0 saturated carbocycles. The molecule has 0 N–H and O–H groups in total. The minimum Gasteiger partial charge on any atom is -0.297 e. The number of aryl methyl sites for hydroxylation is 1. The van der Waals surface area contributed by atoms with E-state index < -0.39 is 5.92 Å². The number of benzene rings is 2. The Labute approximate surface area is 191 Å². The number of halogens is 1. The number of hydrogen-bond donors (Lipinski definition) is 0. The highest BCUT2D eigenvalue weighted by Crippen LogP contribution is 2.25. The van der Waals surface area contributed by atoms with E-state index in [1.54, 1.807) is 48.7 Å². The Morgan fingerprint density at radius 1 is 1.22 bits per heavy atom. The van der Waals surface area contributed by atoms with Gasteiger partial charge >= 0.3 is 0 Å². The Morgan fingerprint density at radius 2 is 1.97 bits per heavy atom. The predicted molar refractivity (Wildman–Crippen MR) is 122 cm³/mol. The fourth-order valence-corrected chi connectivity index (χ4v) is 4.92. The third kappa shape index (κ3) is 4.61. The molecular weight excluding hydrogens is 447 g/mol. The van der Waals surface area contributed by atoms with Crippen LogP contribution in [0.2, 0.25) is 0 Å². The molecule has 0 radical (unpaired) electrons. The highest BCUT2D eigenvalue weighted by Gasteiger charge is 2.24. The van der Waals surface area contributed by atoms with Crippen molar-refractivity contribution in [1.82, 2.24) is 14.5 Å². The molecule has 1 atom stereocenters. The third-order valence-electron chi connectivity index (χ3n) is 4.76. The molecule has 0 amide bonds. The minimum atomic E-state index is -0.959. The standard InChI is InChI=1S/C23H17FN4O2S2/c1-14-12-31-21(26-14)18(10-25)20(29)13-32-23-27-19-5-3-2-4-17(19)22(30)28(23)11-15-6-8-16(24)9-7-15/h2-9,12,18H,11,13H2,1H3/t18-/m0/s1. The van der Waals surface area contributed by atoms with Crippen molar-refractivity contribution in [3.63, 3.8) is 0 Å². The highest BCUT2D eigenvalue weighted by atomic mass is 32.2. The monoisotopic (exact) mass is 464 g/mol. The zero-order valence-electron chi connectivity index (χ0n) is 17.0. The van der Waals surface area contributed by atoms with E-state index in [0.29, 0.717) is 21.1 Å². The zero-order valence-corrected chi connectivity index (χ0v) is 18.6. The van der Waals surface area contributed by atoms with Crippen LogP contribution in [0.5, 0.6) is 0 Å². The molecule has 0 bridgehead atoms. The first-order valence-corrected chi connectivity index (χ1v) is 11.5. The molecule has 160 valence electrons. The van der Waals surface area contributed by atoms with Gasteiger partial charge in [-0.1, -0.05) is 36.0 Å². The molecule has 0 aliphatic heterocycles. The number of carbonyl (C=O) groups is 1. The van der Waals surface area contributed by atoms with Crippen LogP contribution >= 0.6 is 23.1 Å². The number of Topliss-reactive ketones (excluding diaryl/α,β-unsaturated/α-hetero) is 1. The van der Waals surface area contributed by atoms with Crippen molar-refractivity contribution >= 4 is 39.8 Å². The van der Waals surface area contributed by atoms with Gasteiger partial charge in [-0.2, -0.15) is 5.26 Å². The number of aromatic nitrogens is 3. The maximum Gasteiger partial charge on any atom is 0.262 e. The van der Waals surface area contributed by atoms with Crippen molar-refractivity contribution < 1.29 is 9.18 Å². The zero-order chi connectivity index (χ0) is 22.7. The summed E-state index contributed by atoms with van der Waals surface area (Å²) in [4.78, 5) is 34.8. The molecule has 2 aromatic heterocycles. The second-order valence-electron chi connectivity index (χ2n) is 7.07. The first-order chi connectivity index (χ1) is 15.5. The lowest BCUT2D eigenvalue weighted by Crippen LogP contribution is -2.24. The molecule has 0 saturated heterocycles. The number of nitrogens with zero attached hydrogens (tertiary/aromatic N) is 4. The first-order valence-electron chi connectivity index (χ1n) is 9.67. The van der Waals surface area contributed by atoms with Gasteiger partial charge in [-0.15, -0.1) is 11.3 Å². The Morgan fingerprint density at radius 3 is 2.66 bits per heavy atom. The van der Waals surface area contributed by atoms with Gasteiger partial charge in [-0.05, 0) is 36.8 Å². The van der Waals surface area contributed by atoms with Crippen molar-refractivity contribution in [3.8, 4) is 6.07 Å². The van der Waals surface area contributed by atoms with Crippen molar-refractivity contribution in [2.75, 3.05) is 5.75 Å². The molecule has 0 unspecified atom stereocenters. The number of hydrogen-bond acceptors (Lipinski definition) is 7. The van der Waals surface area contributed by atoms with Crippen LogP contribution in [0.15, 0.2) is 63.9 Å². The summed E-state index contributed by atoms with van der Waals surface area (Å²) in [6, 6.07) is 14.9. The van der Waals surface area contributed by atoms with Gasteiger partial charge in [0.1, 0.15) is 10.8 Å². The average molecular weight is 465 g/mol. The quantitative estimate of drug-likeness (QED) is 0.299. The fourth-order valence-electron chi connectivity index (χ4n) is 3.16. The van der Waals surface area contributed by atoms with Crippen molar-refractivity contribution in [3.05, 3.63) is 86.3 Å². The minimum absolute atomic E-state index is 0.0367. The van der Waals surface area contributed by atoms with Gasteiger partial charge in [0.15, 0.2) is 16.9 Å². The summed E-state index contributed by atoms with van der Waals surface area (Å²) in [6.45, 7) is 1.99. The van der Waals surface area contributed by atoms with E-state index in [4.69, 9.17) is 0 Å². The lowest BCUT2D eigenvalue weighted by molar-refractivity contribution is -0.116. The fraction of sp³-hybridized carbons (Fsp3) is 0.174. The number of thioether (sulfide) groups is 1. The maximum absolute atomic E-state index is 13.3. The molecule has 0 aliphatic carbocycles. The van der Waals surface area contributed by atoms with Crippen LogP contribution in [-0.4, -0.2) is 26.1 Å².